The molecule has 0 aromatic rings. The first-order chi connectivity index (χ1) is 6.90. The van der Waals surface area contributed by atoms with Crippen LogP contribution in [0.1, 0.15) is 38.5 Å². The third-order valence-corrected chi connectivity index (χ3v) is 4.81. The monoisotopic (exact) mass is 194 g/mol. The Kier molecular flexibility index (Phi) is 1.58. The van der Waals surface area contributed by atoms with Crippen LogP contribution in [-0.2, 0) is 9.47 Å². The molecule has 0 N–H and O–H groups in total. The second-order valence-corrected chi connectivity index (χ2v) is 5.56. The van der Waals surface area contributed by atoms with Crippen molar-refractivity contribution in [2.75, 3.05) is 0 Å². The summed E-state index contributed by atoms with van der Waals surface area (Å²) < 4.78 is 11.5. The van der Waals surface area contributed by atoms with E-state index < -0.39 is 0 Å². The Morgan fingerprint density at radius 2 is 1.64 bits per heavy atom. The van der Waals surface area contributed by atoms with Crippen LogP contribution in [0.3, 0.4) is 0 Å². The maximum absolute atomic E-state index is 5.85. The highest BCUT2D eigenvalue weighted by Crippen LogP contribution is 2.49. The highest BCUT2D eigenvalue weighted by atomic mass is 16.6. The highest BCUT2D eigenvalue weighted by molar-refractivity contribution is 4.99. The maximum atomic E-state index is 5.85. The fourth-order valence-electron chi connectivity index (χ4n) is 3.88. The van der Waals surface area contributed by atoms with Crippen molar-refractivity contribution >= 4 is 0 Å². The Labute approximate surface area is 85.0 Å². The second-order valence-electron chi connectivity index (χ2n) is 5.56. The van der Waals surface area contributed by atoms with Crippen LogP contribution in [0.15, 0.2) is 0 Å². The van der Waals surface area contributed by atoms with Crippen LogP contribution in [0.4, 0.5) is 0 Å². The zero-order chi connectivity index (χ0) is 9.12. The molecule has 2 heteroatoms. The molecule has 5 rings (SSSR count). The molecular formula is C12H18O2. The zero-order valence-electron chi connectivity index (χ0n) is 8.52. The lowest BCUT2D eigenvalue weighted by Gasteiger charge is -2.49. The molecule has 0 aromatic heterocycles. The van der Waals surface area contributed by atoms with Gasteiger partial charge in [-0.15, -0.1) is 0 Å². The standard InChI is InChI=1S/C12H18O2/c1-4-10-12(14-10)5-7(1)9-3-2-8-6-11(9)13-8/h7-12H,1-6H2/t7?,8?,9?,10?,11-,12?/m1/s1. The molecule has 2 bridgehead atoms. The van der Waals surface area contributed by atoms with Gasteiger partial charge in [-0.3, -0.25) is 0 Å². The maximum Gasteiger partial charge on any atom is 0.0844 e. The first kappa shape index (κ1) is 8.12. The van der Waals surface area contributed by atoms with E-state index >= 15 is 0 Å². The molecule has 3 saturated heterocycles. The Morgan fingerprint density at radius 1 is 0.714 bits per heavy atom. The van der Waals surface area contributed by atoms with Gasteiger partial charge in [0.25, 0.3) is 0 Å². The molecule has 0 amide bonds. The molecular weight excluding hydrogens is 176 g/mol. The van der Waals surface area contributed by atoms with Gasteiger partial charge in [0.05, 0.1) is 24.4 Å². The number of fused-ring (bicyclic) bond motifs is 3. The number of hydrogen-bond acceptors (Lipinski definition) is 2. The minimum absolute atomic E-state index is 0.633. The quantitative estimate of drug-likeness (QED) is 0.596. The normalized spacial score (nSPS) is 60.0. The average Bonchev–Trinajstić information content (AvgIpc) is 2.94. The molecule has 2 aliphatic carbocycles. The van der Waals surface area contributed by atoms with Gasteiger partial charge in [0.2, 0.25) is 0 Å². The predicted octanol–water partition coefficient (Wildman–Crippen LogP) is 2.12. The zero-order valence-corrected chi connectivity index (χ0v) is 8.52. The lowest BCUT2D eigenvalue weighted by atomic mass is 9.69. The van der Waals surface area contributed by atoms with Crippen molar-refractivity contribution in [2.45, 2.75) is 62.9 Å². The number of epoxide rings is 1. The van der Waals surface area contributed by atoms with Crippen LogP contribution >= 0.6 is 0 Å². The summed E-state index contributed by atoms with van der Waals surface area (Å²) in [7, 11) is 0. The molecule has 0 spiro atoms. The van der Waals surface area contributed by atoms with Crippen molar-refractivity contribution in [3.8, 4) is 0 Å². The van der Waals surface area contributed by atoms with E-state index in [9.17, 15) is 0 Å². The number of ether oxygens (including phenoxy) is 2. The molecule has 5 unspecified atom stereocenters. The van der Waals surface area contributed by atoms with Crippen LogP contribution in [-0.4, -0.2) is 24.4 Å². The summed E-state index contributed by atoms with van der Waals surface area (Å²) in [6, 6.07) is 0. The Hall–Kier alpha value is -0.0800. The molecule has 2 nitrogen and oxygen atoms in total. The largest absolute Gasteiger partial charge is 0.374 e. The molecule has 6 atom stereocenters. The minimum atomic E-state index is 0.633. The SMILES string of the molecule is C1CC(C2CCC3OC3C2)[C@H]2CC1O2. The summed E-state index contributed by atoms with van der Waals surface area (Å²) in [6.45, 7) is 0. The molecule has 5 aliphatic rings. The van der Waals surface area contributed by atoms with Gasteiger partial charge in [-0.1, -0.05) is 0 Å². The molecule has 0 radical (unpaired) electrons. The fourth-order valence-corrected chi connectivity index (χ4v) is 3.88. The van der Waals surface area contributed by atoms with Crippen molar-refractivity contribution in [1.82, 2.24) is 0 Å². The van der Waals surface area contributed by atoms with Gasteiger partial charge in [-0.2, -0.15) is 0 Å². The van der Waals surface area contributed by atoms with Crippen molar-refractivity contribution in [2.24, 2.45) is 11.8 Å². The van der Waals surface area contributed by atoms with Gasteiger partial charge < -0.3 is 9.47 Å². The summed E-state index contributed by atoms with van der Waals surface area (Å²) in [5, 5.41) is 0. The molecule has 78 valence electrons. The first-order valence-electron chi connectivity index (χ1n) is 6.21. The lowest BCUT2D eigenvalue weighted by molar-refractivity contribution is -0.197. The molecule has 3 aliphatic heterocycles. The van der Waals surface area contributed by atoms with Gasteiger partial charge >= 0.3 is 0 Å². The van der Waals surface area contributed by atoms with Gasteiger partial charge in [-0.25, -0.2) is 0 Å². The van der Waals surface area contributed by atoms with Gasteiger partial charge in [0.1, 0.15) is 0 Å². The van der Waals surface area contributed by atoms with Crippen LogP contribution < -0.4 is 0 Å². The van der Waals surface area contributed by atoms with Gasteiger partial charge in [0.15, 0.2) is 0 Å². The fraction of sp³-hybridized carbons (Fsp3) is 1.00. The van der Waals surface area contributed by atoms with Crippen LogP contribution in [0.5, 0.6) is 0 Å². The molecule has 5 fully saturated rings. The van der Waals surface area contributed by atoms with E-state index in [1.165, 1.54) is 38.5 Å². The minimum Gasteiger partial charge on any atom is -0.374 e. The van der Waals surface area contributed by atoms with E-state index in [2.05, 4.69) is 0 Å². The van der Waals surface area contributed by atoms with E-state index in [0.29, 0.717) is 24.4 Å². The van der Waals surface area contributed by atoms with Crippen LogP contribution in [0, 0.1) is 11.8 Å². The van der Waals surface area contributed by atoms with Crippen molar-refractivity contribution < 1.29 is 9.47 Å². The summed E-state index contributed by atoms with van der Waals surface area (Å²) >= 11 is 0. The molecule has 0 aromatic carbocycles. The smallest absolute Gasteiger partial charge is 0.0844 e. The molecule has 14 heavy (non-hydrogen) atoms. The van der Waals surface area contributed by atoms with Crippen molar-refractivity contribution in [3.05, 3.63) is 0 Å². The third kappa shape index (κ3) is 1.10. The first-order valence-corrected chi connectivity index (χ1v) is 6.21. The van der Waals surface area contributed by atoms with E-state index in [4.69, 9.17) is 9.47 Å². The van der Waals surface area contributed by atoms with Crippen molar-refractivity contribution in [1.29, 1.82) is 0 Å². The summed E-state index contributed by atoms with van der Waals surface area (Å²) in [5.41, 5.74) is 0. The van der Waals surface area contributed by atoms with E-state index in [-0.39, 0.29) is 0 Å². The highest BCUT2D eigenvalue weighted by Gasteiger charge is 2.50. The third-order valence-electron chi connectivity index (χ3n) is 4.81. The van der Waals surface area contributed by atoms with Gasteiger partial charge in [0, 0.05) is 6.42 Å². The second kappa shape index (κ2) is 2.73. The molecule has 2 saturated carbocycles. The van der Waals surface area contributed by atoms with Crippen LogP contribution in [0.2, 0.25) is 0 Å². The Morgan fingerprint density at radius 3 is 2.36 bits per heavy atom. The number of hydrogen-bond donors (Lipinski definition) is 0. The topological polar surface area (TPSA) is 21.8 Å². The Balaban J connectivity index is 1.46. The lowest BCUT2D eigenvalue weighted by Crippen LogP contribution is -2.50. The number of rotatable bonds is 1. The summed E-state index contributed by atoms with van der Waals surface area (Å²) in [4.78, 5) is 0. The molecule has 3 heterocycles. The summed E-state index contributed by atoms with van der Waals surface area (Å²) in [5.74, 6) is 1.80. The Bertz CT molecular complexity index is 244. The van der Waals surface area contributed by atoms with E-state index in [1.807, 2.05) is 0 Å². The van der Waals surface area contributed by atoms with Crippen molar-refractivity contribution in [3.63, 3.8) is 0 Å². The van der Waals surface area contributed by atoms with Gasteiger partial charge in [-0.05, 0) is 43.9 Å². The van der Waals surface area contributed by atoms with E-state index in [0.717, 1.165) is 11.8 Å². The summed E-state index contributed by atoms with van der Waals surface area (Å²) in [6.07, 6.45) is 10.7. The predicted molar refractivity (Wildman–Crippen MR) is 52.0 cm³/mol. The van der Waals surface area contributed by atoms with E-state index in [1.54, 1.807) is 0 Å². The average molecular weight is 194 g/mol. The van der Waals surface area contributed by atoms with Crippen LogP contribution in [0.25, 0.3) is 0 Å².